The standard InChI is InChI=1S/C24H22F2N2O3/c1-13-20(24(30)28-23-16(25)8-4-9-17(23)26)21(14-6-3-7-15(12-14)31-2)22-18(27-13)10-5-11-19(22)29/h3-4,6-9,12,21,27H,5,10-11H2,1-2H3,(H,28,30). The van der Waals surface area contributed by atoms with Crippen LogP contribution in [-0.4, -0.2) is 18.8 Å². The molecule has 2 aromatic rings. The van der Waals surface area contributed by atoms with Crippen LogP contribution in [0.3, 0.4) is 0 Å². The first-order valence-electron chi connectivity index (χ1n) is 10.0. The molecular formula is C24H22F2N2O3. The van der Waals surface area contributed by atoms with Crippen molar-refractivity contribution in [1.29, 1.82) is 0 Å². The van der Waals surface area contributed by atoms with Gasteiger partial charge in [-0.15, -0.1) is 0 Å². The van der Waals surface area contributed by atoms with Crippen LogP contribution < -0.4 is 15.4 Å². The summed E-state index contributed by atoms with van der Waals surface area (Å²) in [7, 11) is 1.54. The van der Waals surface area contributed by atoms with Gasteiger partial charge in [0.1, 0.15) is 23.1 Å². The highest BCUT2D eigenvalue weighted by Gasteiger charge is 2.38. The lowest BCUT2D eigenvalue weighted by Gasteiger charge is -2.34. The van der Waals surface area contributed by atoms with Crippen LogP contribution >= 0.6 is 0 Å². The summed E-state index contributed by atoms with van der Waals surface area (Å²) < 4.78 is 33.6. The molecule has 0 fully saturated rings. The number of para-hydroxylation sites is 1. The van der Waals surface area contributed by atoms with E-state index in [1.54, 1.807) is 25.1 Å². The Kier molecular flexibility index (Phi) is 5.59. The van der Waals surface area contributed by atoms with E-state index in [-0.39, 0.29) is 11.4 Å². The van der Waals surface area contributed by atoms with Crippen LogP contribution in [-0.2, 0) is 9.59 Å². The molecule has 0 aromatic heterocycles. The minimum Gasteiger partial charge on any atom is -0.497 e. The average molecular weight is 424 g/mol. The maximum atomic E-state index is 14.2. The molecule has 1 aliphatic heterocycles. The van der Waals surface area contributed by atoms with Gasteiger partial charge in [0.15, 0.2) is 5.78 Å². The number of carbonyl (C=O) groups excluding carboxylic acids is 2. The fourth-order valence-electron chi connectivity index (χ4n) is 4.24. The van der Waals surface area contributed by atoms with Crippen LogP contribution in [0.4, 0.5) is 14.5 Å². The normalized spacial score (nSPS) is 18.5. The van der Waals surface area contributed by atoms with Crippen LogP contribution in [0.1, 0.15) is 37.7 Å². The molecule has 7 heteroatoms. The van der Waals surface area contributed by atoms with Crippen LogP contribution in [0, 0.1) is 11.6 Å². The third-order valence-corrected chi connectivity index (χ3v) is 5.65. The number of amides is 1. The number of benzene rings is 2. The summed E-state index contributed by atoms with van der Waals surface area (Å²) >= 11 is 0. The zero-order chi connectivity index (χ0) is 22.1. The molecular weight excluding hydrogens is 402 g/mol. The minimum atomic E-state index is -0.873. The summed E-state index contributed by atoms with van der Waals surface area (Å²) in [6.07, 6.45) is 1.80. The topological polar surface area (TPSA) is 67.4 Å². The second kappa shape index (κ2) is 8.34. The molecule has 5 nitrogen and oxygen atoms in total. The van der Waals surface area contributed by atoms with E-state index < -0.39 is 29.1 Å². The highest BCUT2D eigenvalue weighted by Crippen LogP contribution is 2.43. The van der Waals surface area contributed by atoms with Gasteiger partial charge in [0.05, 0.1) is 7.11 Å². The summed E-state index contributed by atoms with van der Waals surface area (Å²) in [5, 5.41) is 5.55. The number of allylic oxidation sites excluding steroid dienone is 3. The number of halogens is 2. The van der Waals surface area contributed by atoms with Gasteiger partial charge in [0.25, 0.3) is 5.91 Å². The first-order chi connectivity index (χ1) is 14.9. The zero-order valence-electron chi connectivity index (χ0n) is 17.2. The Bertz CT molecular complexity index is 1120. The first kappa shape index (κ1) is 20.8. The molecule has 2 aliphatic rings. The van der Waals surface area contributed by atoms with Gasteiger partial charge in [-0.05, 0) is 49.6 Å². The number of rotatable bonds is 4. The predicted molar refractivity (Wildman–Crippen MR) is 112 cm³/mol. The summed E-state index contributed by atoms with van der Waals surface area (Å²) in [6, 6.07) is 10.5. The Morgan fingerprint density at radius 2 is 1.84 bits per heavy atom. The van der Waals surface area contributed by atoms with E-state index in [1.807, 2.05) is 6.07 Å². The molecule has 2 aromatic carbocycles. The zero-order valence-corrected chi connectivity index (χ0v) is 17.2. The second-order valence-corrected chi connectivity index (χ2v) is 7.59. The maximum absolute atomic E-state index is 14.2. The quantitative estimate of drug-likeness (QED) is 0.754. The molecule has 0 radical (unpaired) electrons. The predicted octanol–water partition coefficient (Wildman–Crippen LogP) is 4.58. The van der Waals surface area contributed by atoms with Crippen molar-refractivity contribution in [2.45, 2.75) is 32.1 Å². The molecule has 0 saturated carbocycles. The van der Waals surface area contributed by atoms with Crippen molar-refractivity contribution in [1.82, 2.24) is 5.32 Å². The van der Waals surface area contributed by atoms with E-state index in [0.717, 1.165) is 24.3 Å². The average Bonchev–Trinajstić information content (AvgIpc) is 2.75. The van der Waals surface area contributed by atoms with Gasteiger partial charge in [-0.2, -0.15) is 0 Å². The Hall–Kier alpha value is -3.48. The van der Waals surface area contributed by atoms with Crippen molar-refractivity contribution in [2.24, 2.45) is 0 Å². The highest BCUT2D eigenvalue weighted by atomic mass is 19.1. The van der Waals surface area contributed by atoms with E-state index in [0.29, 0.717) is 35.4 Å². The smallest absolute Gasteiger partial charge is 0.254 e. The Morgan fingerprint density at radius 1 is 1.13 bits per heavy atom. The molecule has 0 spiro atoms. The van der Waals surface area contributed by atoms with E-state index >= 15 is 0 Å². The molecule has 31 heavy (non-hydrogen) atoms. The Labute approximate surface area is 178 Å². The molecule has 1 aliphatic carbocycles. The monoisotopic (exact) mass is 424 g/mol. The molecule has 0 bridgehead atoms. The van der Waals surface area contributed by atoms with Gasteiger partial charge >= 0.3 is 0 Å². The number of ether oxygens (including phenoxy) is 1. The van der Waals surface area contributed by atoms with Crippen LogP contribution in [0.2, 0.25) is 0 Å². The number of hydrogen-bond acceptors (Lipinski definition) is 4. The van der Waals surface area contributed by atoms with Crippen LogP contribution in [0.5, 0.6) is 5.75 Å². The molecule has 1 amide bonds. The van der Waals surface area contributed by atoms with Gasteiger partial charge in [-0.25, -0.2) is 8.78 Å². The highest BCUT2D eigenvalue weighted by molar-refractivity contribution is 6.09. The van der Waals surface area contributed by atoms with E-state index in [1.165, 1.54) is 13.2 Å². The number of ketones is 1. The summed E-state index contributed by atoms with van der Waals surface area (Å²) in [6.45, 7) is 1.72. The number of hydrogen-bond donors (Lipinski definition) is 2. The summed E-state index contributed by atoms with van der Waals surface area (Å²) in [5.74, 6) is -2.56. The molecule has 4 rings (SSSR count). The fourth-order valence-corrected chi connectivity index (χ4v) is 4.24. The lowest BCUT2D eigenvalue weighted by Crippen LogP contribution is -2.35. The first-order valence-corrected chi connectivity index (χ1v) is 10.0. The lowest BCUT2D eigenvalue weighted by atomic mass is 9.75. The van der Waals surface area contributed by atoms with Gasteiger partial charge in [0.2, 0.25) is 0 Å². The van der Waals surface area contributed by atoms with Gasteiger partial charge in [-0.3, -0.25) is 9.59 Å². The fraction of sp³-hybridized carbons (Fsp3) is 0.250. The molecule has 160 valence electrons. The molecule has 1 unspecified atom stereocenters. The molecule has 1 atom stereocenters. The van der Waals surface area contributed by atoms with Crippen molar-refractivity contribution in [3.63, 3.8) is 0 Å². The van der Waals surface area contributed by atoms with E-state index in [4.69, 9.17) is 4.74 Å². The maximum Gasteiger partial charge on any atom is 0.254 e. The van der Waals surface area contributed by atoms with Gasteiger partial charge in [0, 0.05) is 34.9 Å². The molecule has 2 N–H and O–H groups in total. The van der Waals surface area contributed by atoms with Crippen LogP contribution in [0.25, 0.3) is 0 Å². The van der Waals surface area contributed by atoms with Crippen molar-refractivity contribution < 1.29 is 23.1 Å². The third-order valence-electron chi connectivity index (χ3n) is 5.65. The number of anilines is 1. The van der Waals surface area contributed by atoms with Gasteiger partial charge < -0.3 is 15.4 Å². The minimum absolute atomic E-state index is 0.0450. The lowest BCUT2D eigenvalue weighted by molar-refractivity contribution is -0.116. The summed E-state index contributed by atoms with van der Waals surface area (Å²) in [5.41, 5.74) is 2.26. The summed E-state index contributed by atoms with van der Waals surface area (Å²) in [4.78, 5) is 26.2. The second-order valence-electron chi connectivity index (χ2n) is 7.59. The number of carbonyl (C=O) groups is 2. The van der Waals surface area contributed by atoms with Gasteiger partial charge in [-0.1, -0.05) is 18.2 Å². The molecule has 1 heterocycles. The number of Topliss-reactive ketones (excluding diaryl/α,β-unsaturated/α-hetero) is 1. The largest absolute Gasteiger partial charge is 0.497 e. The number of methoxy groups -OCH3 is 1. The van der Waals surface area contributed by atoms with Crippen LogP contribution in [0.15, 0.2) is 65.0 Å². The number of nitrogens with one attached hydrogen (secondary N) is 2. The van der Waals surface area contributed by atoms with Crippen molar-refractivity contribution >= 4 is 17.4 Å². The van der Waals surface area contributed by atoms with Crippen molar-refractivity contribution in [3.8, 4) is 5.75 Å². The number of dihydropyridines is 1. The van der Waals surface area contributed by atoms with Crippen molar-refractivity contribution in [2.75, 3.05) is 12.4 Å². The third kappa shape index (κ3) is 3.83. The Balaban J connectivity index is 1.82. The van der Waals surface area contributed by atoms with E-state index in [2.05, 4.69) is 10.6 Å². The molecule has 0 saturated heterocycles. The van der Waals surface area contributed by atoms with E-state index in [9.17, 15) is 18.4 Å². The Morgan fingerprint density at radius 3 is 2.55 bits per heavy atom. The van der Waals surface area contributed by atoms with Crippen molar-refractivity contribution in [3.05, 3.63) is 82.2 Å². The SMILES string of the molecule is COc1cccc(C2C(C(=O)Nc3c(F)cccc3F)=C(C)NC3=C2C(=O)CCC3)c1.